The highest BCUT2D eigenvalue weighted by Gasteiger charge is 2.33. The zero-order chi connectivity index (χ0) is 25.5. The number of methoxy groups -OCH3 is 2. The van der Waals surface area contributed by atoms with Gasteiger partial charge in [0.15, 0.2) is 0 Å². The molecule has 1 aliphatic rings. The monoisotopic (exact) mass is 506 g/mol. The maximum Gasteiger partial charge on any atom is 0.254 e. The van der Waals surface area contributed by atoms with E-state index in [9.17, 15) is 9.59 Å². The van der Waals surface area contributed by atoms with Crippen LogP contribution in [0.4, 0.5) is 0 Å². The molecule has 0 aliphatic carbocycles. The zero-order valence-electron chi connectivity index (χ0n) is 20.5. The number of ether oxygens (including phenoxy) is 3. The molecule has 0 bridgehead atoms. The molecule has 0 radical (unpaired) electrons. The van der Waals surface area contributed by atoms with Crippen LogP contribution >= 0.6 is 11.3 Å². The van der Waals surface area contributed by atoms with Crippen molar-refractivity contribution in [1.29, 1.82) is 0 Å². The summed E-state index contributed by atoms with van der Waals surface area (Å²) in [6.07, 6.45) is 2.40. The Bertz CT molecular complexity index is 1220. The van der Waals surface area contributed by atoms with Crippen LogP contribution in [0.3, 0.4) is 0 Å². The van der Waals surface area contributed by atoms with Crippen molar-refractivity contribution in [2.75, 3.05) is 40.5 Å². The van der Waals surface area contributed by atoms with Gasteiger partial charge >= 0.3 is 0 Å². The highest BCUT2D eigenvalue weighted by molar-refractivity contribution is 7.10. The minimum absolute atomic E-state index is 0.0583. The molecule has 1 atom stereocenters. The summed E-state index contributed by atoms with van der Waals surface area (Å²) < 4.78 is 16.7. The van der Waals surface area contributed by atoms with Gasteiger partial charge in [-0.1, -0.05) is 18.2 Å². The molecule has 0 fully saturated rings. The molecule has 1 aliphatic heterocycles. The second kappa shape index (κ2) is 11.8. The summed E-state index contributed by atoms with van der Waals surface area (Å²) in [5.41, 5.74) is 1.55. The van der Waals surface area contributed by atoms with E-state index >= 15 is 0 Å². The SMILES string of the molecule is C=CCN(CC(=O)N1CCc2sccc2C1COc1cccc(OC)c1)C(=O)c1cccc(OC)c1. The lowest BCUT2D eigenvalue weighted by Gasteiger charge is -2.37. The van der Waals surface area contributed by atoms with E-state index in [0.717, 1.165) is 12.0 Å². The number of fused-ring (bicyclic) bond motifs is 1. The summed E-state index contributed by atoms with van der Waals surface area (Å²) in [6.45, 7) is 4.83. The molecule has 1 unspecified atom stereocenters. The van der Waals surface area contributed by atoms with Gasteiger partial charge in [-0.3, -0.25) is 9.59 Å². The third kappa shape index (κ3) is 5.71. The molecule has 0 saturated heterocycles. The van der Waals surface area contributed by atoms with Gasteiger partial charge in [-0.15, -0.1) is 17.9 Å². The van der Waals surface area contributed by atoms with Gasteiger partial charge in [0.25, 0.3) is 5.91 Å². The van der Waals surface area contributed by atoms with Crippen molar-refractivity contribution in [1.82, 2.24) is 9.80 Å². The van der Waals surface area contributed by atoms with Crippen molar-refractivity contribution in [3.05, 3.63) is 88.6 Å². The largest absolute Gasteiger partial charge is 0.497 e. The molecule has 7 nitrogen and oxygen atoms in total. The number of hydrogen-bond donors (Lipinski definition) is 0. The summed E-state index contributed by atoms with van der Waals surface area (Å²) in [4.78, 5) is 31.4. The van der Waals surface area contributed by atoms with Crippen LogP contribution in [0.2, 0.25) is 0 Å². The van der Waals surface area contributed by atoms with Crippen molar-refractivity contribution < 1.29 is 23.8 Å². The van der Waals surface area contributed by atoms with Crippen molar-refractivity contribution >= 4 is 23.2 Å². The Labute approximate surface area is 215 Å². The van der Waals surface area contributed by atoms with Gasteiger partial charge in [0.05, 0.1) is 20.3 Å². The number of carbonyl (C=O) groups excluding carboxylic acids is 2. The highest BCUT2D eigenvalue weighted by atomic mass is 32.1. The molecule has 0 spiro atoms. The first kappa shape index (κ1) is 25.3. The van der Waals surface area contributed by atoms with Crippen LogP contribution in [0, 0.1) is 0 Å². The lowest BCUT2D eigenvalue weighted by molar-refractivity contribution is -0.135. The topological polar surface area (TPSA) is 68.3 Å². The number of carbonyl (C=O) groups is 2. The van der Waals surface area contributed by atoms with Gasteiger partial charge in [-0.2, -0.15) is 0 Å². The molecule has 0 N–H and O–H groups in total. The molecule has 2 heterocycles. The maximum atomic E-state index is 13.6. The second-order valence-electron chi connectivity index (χ2n) is 8.35. The van der Waals surface area contributed by atoms with Gasteiger partial charge in [0, 0.05) is 29.6 Å². The van der Waals surface area contributed by atoms with E-state index < -0.39 is 0 Å². The minimum atomic E-state index is -0.254. The van der Waals surface area contributed by atoms with E-state index in [1.807, 2.05) is 34.5 Å². The predicted octanol–water partition coefficient (Wildman–Crippen LogP) is 4.60. The van der Waals surface area contributed by atoms with Crippen LogP contribution in [0.25, 0.3) is 0 Å². The average molecular weight is 507 g/mol. The van der Waals surface area contributed by atoms with Gasteiger partial charge in [0.2, 0.25) is 5.91 Å². The van der Waals surface area contributed by atoms with E-state index in [0.29, 0.717) is 36.0 Å². The first-order valence-electron chi connectivity index (χ1n) is 11.7. The van der Waals surface area contributed by atoms with Crippen LogP contribution in [0.5, 0.6) is 17.2 Å². The van der Waals surface area contributed by atoms with Crippen molar-refractivity contribution in [2.24, 2.45) is 0 Å². The fraction of sp³-hybridized carbons (Fsp3) is 0.286. The number of hydrogen-bond acceptors (Lipinski definition) is 6. The molecular weight excluding hydrogens is 476 g/mol. The third-order valence-corrected chi connectivity index (χ3v) is 7.14. The highest BCUT2D eigenvalue weighted by Crippen LogP contribution is 2.34. The third-order valence-electron chi connectivity index (χ3n) is 6.14. The van der Waals surface area contributed by atoms with Gasteiger partial charge < -0.3 is 24.0 Å². The number of amides is 2. The predicted molar refractivity (Wildman–Crippen MR) is 140 cm³/mol. The molecule has 2 aromatic carbocycles. The Kier molecular flexibility index (Phi) is 8.28. The molecule has 2 amide bonds. The summed E-state index contributed by atoms with van der Waals surface area (Å²) in [7, 11) is 3.16. The average Bonchev–Trinajstić information content (AvgIpc) is 3.40. The Hall–Kier alpha value is -3.78. The summed E-state index contributed by atoms with van der Waals surface area (Å²) >= 11 is 1.70. The molecule has 8 heteroatoms. The molecule has 188 valence electrons. The van der Waals surface area contributed by atoms with E-state index in [1.54, 1.807) is 55.9 Å². The fourth-order valence-electron chi connectivity index (χ4n) is 4.31. The Morgan fingerprint density at radius 3 is 2.56 bits per heavy atom. The van der Waals surface area contributed by atoms with Gasteiger partial charge in [-0.05, 0) is 53.8 Å². The van der Waals surface area contributed by atoms with E-state index in [-0.39, 0.29) is 30.9 Å². The normalized spacial score (nSPS) is 14.5. The Morgan fingerprint density at radius 2 is 1.81 bits per heavy atom. The van der Waals surface area contributed by atoms with Crippen molar-refractivity contribution in [3.8, 4) is 17.2 Å². The number of benzene rings is 2. The summed E-state index contributed by atoms with van der Waals surface area (Å²) in [5.74, 6) is 1.58. The van der Waals surface area contributed by atoms with Crippen molar-refractivity contribution in [2.45, 2.75) is 12.5 Å². The molecular formula is C28H30N2O5S. The van der Waals surface area contributed by atoms with E-state index in [1.165, 1.54) is 9.78 Å². The smallest absolute Gasteiger partial charge is 0.254 e. The second-order valence-corrected chi connectivity index (χ2v) is 9.35. The van der Waals surface area contributed by atoms with Crippen molar-refractivity contribution in [3.63, 3.8) is 0 Å². The Balaban J connectivity index is 1.52. The first-order chi connectivity index (χ1) is 17.5. The van der Waals surface area contributed by atoms with Crippen LogP contribution in [-0.4, -0.2) is 62.1 Å². The molecule has 36 heavy (non-hydrogen) atoms. The van der Waals surface area contributed by atoms with Gasteiger partial charge in [-0.25, -0.2) is 0 Å². The van der Waals surface area contributed by atoms with E-state index in [2.05, 4.69) is 12.6 Å². The Morgan fingerprint density at radius 1 is 1.08 bits per heavy atom. The fourth-order valence-corrected chi connectivity index (χ4v) is 5.24. The van der Waals surface area contributed by atoms with E-state index in [4.69, 9.17) is 14.2 Å². The zero-order valence-corrected chi connectivity index (χ0v) is 21.3. The van der Waals surface area contributed by atoms with Crippen LogP contribution < -0.4 is 14.2 Å². The first-order valence-corrected chi connectivity index (χ1v) is 12.6. The summed E-state index contributed by atoms with van der Waals surface area (Å²) in [5, 5.41) is 2.05. The van der Waals surface area contributed by atoms with Gasteiger partial charge in [0.1, 0.15) is 30.4 Å². The molecule has 0 saturated carbocycles. The minimum Gasteiger partial charge on any atom is -0.497 e. The number of thiophene rings is 1. The number of rotatable bonds is 10. The lowest BCUT2D eigenvalue weighted by Crippen LogP contribution is -2.47. The molecule has 3 aromatic rings. The van der Waals surface area contributed by atoms with Crippen LogP contribution in [0.1, 0.15) is 26.8 Å². The quantitative estimate of drug-likeness (QED) is 0.376. The standard InChI is InChI=1S/C28H30N2O5S/c1-4-13-29(28(32)20-7-5-8-21(16-20)33-2)18-27(31)30-14-11-26-24(12-15-36-26)25(30)19-35-23-10-6-9-22(17-23)34-3/h4-10,12,15-17,25H,1,11,13-14,18-19H2,2-3H3. The lowest BCUT2D eigenvalue weighted by atomic mass is 10.0. The molecule has 4 rings (SSSR count). The van der Waals surface area contributed by atoms with Crippen LogP contribution in [0.15, 0.2) is 72.6 Å². The summed E-state index contributed by atoms with van der Waals surface area (Å²) in [6, 6.07) is 16.1. The number of nitrogens with zero attached hydrogens (tertiary/aromatic N) is 2. The molecule has 1 aromatic heterocycles. The van der Waals surface area contributed by atoms with Crippen LogP contribution in [-0.2, 0) is 11.2 Å². The maximum absolute atomic E-state index is 13.6.